The molecule has 2 aliphatic rings. The van der Waals surface area contributed by atoms with E-state index in [1.807, 2.05) is 30.3 Å². The molecule has 9 heteroatoms. The lowest BCUT2D eigenvalue weighted by Crippen LogP contribution is -2.54. The predicted octanol–water partition coefficient (Wildman–Crippen LogP) is -1.19. The first-order valence-corrected chi connectivity index (χ1v) is 8.39. The second-order valence-electron chi connectivity index (χ2n) is 6.47. The molecule has 0 spiro atoms. The Morgan fingerprint density at radius 1 is 1.19 bits per heavy atom. The molecule has 5 atom stereocenters. The number of benzene rings is 1. The Morgan fingerprint density at radius 3 is 2.46 bits per heavy atom. The van der Waals surface area contributed by atoms with E-state index in [-0.39, 0.29) is 24.5 Å². The molecule has 0 aromatic heterocycles. The SMILES string of the molecule is CC(=O)CC1=NN(Cc2ccccc2)N([C@@H]2O[C@H](CO)[C@@H](O)[C@H]2O)C1O. The van der Waals surface area contributed by atoms with Gasteiger partial charge in [0, 0.05) is 0 Å². The van der Waals surface area contributed by atoms with E-state index in [1.54, 1.807) is 0 Å². The Balaban J connectivity index is 1.86. The number of hydrazone groups is 1. The standard InChI is InChI=1S/C17H23N3O6/c1-10(22)7-12-16(25)20(17-15(24)14(23)13(9-21)26-17)19(18-12)8-11-5-3-2-4-6-11/h2-6,13-17,21,23-25H,7-9H2,1H3/t13-,14-,15-,16?,17-/m1/s1. The molecule has 1 fully saturated rings. The number of rotatable bonds is 6. The van der Waals surface area contributed by atoms with Gasteiger partial charge in [-0.05, 0) is 12.5 Å². The van der Waals surface area contributed by atoms with Crippen LogP contribution in [0.15, 0.2) is 35.4 Å². The van der Waals surface area contributed by atoms with E-state index >= 15 is 0 Å². The third-order valence-corrected chi connectivity index (χ3v) is 4.43. The van der Waals surface area contributed by atoms with Crippen LogP contribution in [0.4, 0.5) is 0 Å². The highest BCUT2D eigenvalue weighted by atomic mass is 16.6. The Hall–Kier alpha value is -1.88. The summed E-state index contributed by atoms with van der Waals surface area (Å²) in [5.41, 5.74) is 1.12. The van der Waals surface area contributed by atoms with Gasteiger partial charge in [-0.15, -0.1) is 5.01 Å². The van der Waals surface area contributed by atoms with Gasteiger partial charge in [-0.2, -0.15) is 5.10 Å². The van der Waals surface area contributed by atoms with Crippen molar-refractivity contribution < 1.29 is 30.0 Å². The molecule has 26 heavy (non-hydrogen) atoms. The van der Waals surface area contributed by atoms with Gasteiger partial charge in [-0.25, -0.2) is 5.12 Å². The lowest BCUT2D eigenvalue weighted by Gasteiger charge is -2.35. The first-order chi connectivity index (χ1) is 12.4. The van der Waals surface area contributed by atoms with Crippen LogP contribution >= 0.6 is 0 Å². The monoisotopic (exact) mass is 365 g/mol. The van der Waals surface area contributed by atoms with Crippen LogP contribution < -0.4 is 0 Å². The molecule has 2 aliphatic heterocycles. The van der Waals surface area contributed by atoms with Crippen molar-refractivity contribution in [1.29, 1.82) is 0 Å². The van der Waals surface area contributed by atoms with Crippen molar-refractivity contribution in [2.45, 2.75) is 50.7 Å². The molecule has 9 nitrogen and oxygen atoms in total. The van der Waals surface area contributed by atoms with Crippen molar-refractivity contribution in [3.8, 4) is 0 Å². The summed E-state index contributed by atoms with van der Waals surface area (Å²) in [6.07, 6.45) is -6.07. The quantitative estimate of drug-likeness (QED) is 0.496. The molecule has 2 heterocycles. The molecule has 1 unspecified atom stereocenters. The van der Waals surface area contributed by atoms with Crippen LogP contribution in [-0.4, -0.2) is 79.4 Å². The predicted molar refractivity (Wildman–Crippen MR) is 90.3 cm³/mol. The summed E-state index contributed by atoms with van der Waals surface area (Å²) in [6, 6.07) is 9.34. The van der Waals surface area contributed by atoms with Crippen molar-refractivity contribution in [3.05, 3.63) is 35.9 Å². The number of ketones is 1. The summed E-state index contributed by atoms with van der Waals surface area (Å²) in [7, 11) is 0. The normalized spacial score (nSPS) is 32.1. The zero-order valence-electron chi connectivity index (χ0n) is 14.3. The van der Waals surface area contributed by atoms with Gasteiger partial charge in [-0.1, -0.05) is 30.3 Å². The molecule has 3 rings (SSSR count). The van der Waals surface area contributed by atoms with Gasteiger partial charge in [0.25, 0.3) is 0 Å². The molecule has 1 aromatic rings. The fourth-order valence-electron chi connectivity index (χ4n) is 3.14. The van der Waals surface area contributed by atoms with Crippen LogP contribution in [0, 0.1) is 0 Å². The molecule has 0 radical (unpaired) electrons. The topological polar surface area (TPSA) is 126 Å². The minimum absolute atomic E-state index is 0.0439. The number of hydrogen-bond acceptors (Lipinski definition) is 9. The van der Waals surface area contributed by atoms with Crippen molar-refractivity contribution in [2.24, 2.45) is 5.10 Å². The number of hydrazine groups is 1. The van der Waals surface area contributed by atoms with Gasteiger partial charge < -0.3 is 25.2 Å². The Kier molecular flexibility index (Phi) is 5.66. The van der Waals surface area contributed by atoms with Crippen LogP contribution in [0.3, 0.4) is 0 Å². The summed E-state index contributed by atoms with van der Waals surface area (Å²) in [6.45, 7) is 1.19. The van der Waals surface area contributed by atoms with E-state index in [0.29, 0.717) is 0 Å². The molecule has 4 N–H and O–H groups in total. The van der Waals surface area contributed by atoms with E-state index in [9.17, 15) is 25.2 Å². The highest BCUT2D eigenvalue weighted by Gasteiger charge is 2.51. The van der Waals surface area contributed by atoms with Crippen LogP contribution in [-0.2, 0) is 16.1 Å². The zero-order valence-corrected chi connectivity index (χ0v) is 14.3. The number of ether oxygens (including phenoxy) is 1. The molecule has 0 aliphatic carbocycles. The minimum atomic E-state index is -1.35. The third-order valence-electron chi connectivity index (χ3n) is 4.43. The second kappa shape index (κ2) is 7.78. The van der Waals surface area contributed by atoms with E-state index in [2.05, 4.69) is 5.10 Å². The van der Waals surface area contributed by atoms with Crippen LogP contribution in [0.25, 0.3) is 0 Å². The average molecular weight is 365 g/mol. The number of aliphatic hydroxyl groups excluding tert-OH is 4. The molecule has 0 bridgehead atoms. The smallest absolute Gasteiger partial charge is 0.169 e. The minimum Gasteiger partial charge on any atom is -0.394 e. The maximum atomic E-state index is 11.5. The third kappa shape index (κ3) is 3.63. The summed E-state index contributed by atoms with van der Waals surface area (Å²) in [4.78, 5) is 11.5. The van der Waals surface area contributed by atoms with Crippen molar-refractivity contribution in [2.75, 3.05) is 6.61 Å². The fraction of sp³-hybridized carbons (Fsp3) is 0.529. The lowest BCUT2D eigenvalue weighted by atomic mass is 10.1. The van der Waals surface area contributed by atoms with Gasteiger partial charge in [0.1, 0.15) is 24.1 Å². The molecule has 0 saturated carbocycles. The van der Waals surface area contributed by atoms with Gasteiger partial charge in [-0.3, -0.25) is 4.79 Å². The Labute approximate surface area is 150 Å². The summed E-state index contributed by atoms with van der Waals surface area (Å²) in [5.74, 6) is -0.162. The second-order valence-corrected chi connectivity index (χ2v) is 6.47. The molecule has 0 amide bonds. The molecule has 1 aromatic carbocycles. The summed E-state index contributed by atoms with van der Waals surface area (Å²) >= 11 is 0. The zero-order chi connectivity index (χ0) is 18.8. The maximum Gasteiger partial charge on any atom is 0.169 e. The highest BCUT2D eigenvalue weighted by Crippen LogP contribution is 2.31. The summed E-state index contributed by atoms with van der Waals surface area (Å²) < 4.78 is 5.53. The van der Waals surface area contributed by atoms with Crippen molar-refractivity contribution >= 4 is 11.5 Å². The highest BCUT2D eigenvalue weighted by molar-refractivity contribution is 6.03. The van der Waals surface area contributed by atoms with Crippen LogP contribution in [0.5, 0.6) is 0 Å². The Bertz CT molecular complexity index is 670. The maximum absolute atomic E-state index is 11.5. The average Bonchev–Trinajstić information content (AvgIpc) is 3.05. The fourth-order valence-corrected chi connectivity index (χ4v) is 3.14. The van der Waals surface area contributed by atoms with Gasteiger partial charge in [0.15, 0.2) is 12.5 Å². The summed E-state index contributed by atoms with van der Waals surface area (Å²) in [5, 5.41) is 47.3. The number of hydrogen-bond donors (Lipinski definition) is 4. The van der Waals surface area contributed by atoms with E-state index < -0.39 is 37.4 Å². The largest absolute Gasteiger partial charge is 0.394 e. The number of Topliss-reactive ketones (excluding diaryl/α,β-unsaturated/α-hetero) is 1. The van der Waals surface area contributed by atoms with E-state index in [0.717, 1.165) is 5.56 Å². The van der Waals surface area contributed by atoms with E-state index in [1.165, 1.54) is 17.1 Å². The van der Waals surface area contributed by atoms with Gasteiger partial charge in [0.2, 0.25) is 0 Å². The number of nitrogens with zero attached hydrogens (tertiary/aromatic N) is 3. The first-order valence-electron chi connectivity index (χ1n) is 8.39. The van der Waals surface area contributed by atoms with Crippen LogP contribution in [0.2, 0.25) is 0 Å². The van der Waals surface area contributed by atoms with Crippen molar-refractivity contribution in [3.63, 3.8) is 0 Å². The number of aliphatic hydroxyl groups is 4. The molecular weight excluding hydrogens is 342 g/mol. The van der Waals surface area contributed by atoms with Crippen molar-refractivity contribution in [1.82, 2.24) is 10.1 Å². The first kappa shape index (κ1) is 18.9. The number of carbonyl (C=O) groups is 1. The molecular formula is C17H23N3O6. The number of carbonyl (C=O) groups excluding carboxylic acids is 1. The van der Waals surface area contributed by atoms with E-state index in [4.69, 9.17) is 4.74 Å². The van der Waals surface area contributed by atoms with Gasteiger partial charge in [0.05, 0.1) is 25.3 Å². The molecule has 142 valence electrons. The van der Waals surface area contributed by atoms with Crippen LogP contribution in [0.1, 0.15) is 18.9 Å². The Morgan fingerprint density at radius 2 is 1.88 bits per heavy atom. The van der Waals surface area contributed by atoms with Gasteiger partial charge >= 0.3 is 0 Å². The lowest BCUT2D eigenvalue weighted by molar-refractivity contribution is -0.220. The molecule has 1 saturated heterocycles.